The molecule has 0 aliphatic heterocycles. The summed E-state index contributed by atoms with van der Waals surface area (Å²) >= 11 is 8.16. The summed E-state index contributed by atoms with van der Waals surface area (Å²) in [5.41, 5.74) is 0.693. The van der Waals surface area contributed by atoms with Gasteiger partial charge in [-0.15, -0.1) is 11.3 Å². The van der Waals surface area contributed by atoms with E-state index in [1.807, 2.05) is 13.0 Å². The molecule has 1 rings (SSSR count). The fraction of sp³-hybridized carbons (Fsp3) is 0.444. The normalized spacial score (nSPS) is 10.5. The van der Waals surface area contributed by atoms with Gasteiger partial charge >= 0.3 is 0 Å². The minimum absolute atomic E-state index is 0.0206. The molecule has 78 valence electrons. The number of carbonyl (C=O) groups is 1. The molecule has 0 spiro atoms. The molecule has 0 aliphatic carbocycles. The first-order chi connectivity index (χ1) is 6.65. The van der Waals surface area contributed by atoms with Gasteiger partial charge < -0.3 is 4.74 Å². The van der Waals surface area contributed by atoms with Crippen LogP contribution in [0.25, 0.3) is 0 Å². The SMILES string of the molecule is CCCOCC(=O)c1cc(Br)sc1Br. The second-order valence-electron chi connectivity index (χ2n) is 2.71. The zero-order chi connectivity index (χ0) is 10.6. The average molecular weight is 342 g/mol. The number of thiophene rings is 1. The van der Waals surface area contributed by atoms with Crippen LogP contribution in [0, 0.1) is 0 Å². The van der Waals surface area contributed by atoms with Crippen LogP contribution in [-0.2, 0) is 4.74 Å². The third kappa shape index (κ3) is 3.46. The topological polar surface area (TPSA) is 26.3 Å². The highest BCUT2D eigenvalue weighted by Gasteiger charge is 2.13. The maximum absolute atomic E-state index is 11.6. The molecule has 1 aromatic rings. The van der Waals surface area contributed by atoms with Crippen molar-refractivity contribution < 1.29 is 9.53 Å². The minimum Gasteiger partial charge on any atom is -0.373 e. The summed E-state index contributed by atoms with van der Waals surface area (Å²) in [4.78, 5) is 11.6. The Morgan fingerprint density at radius 2 is 2.29 bits per heavy atom. The number of rotatable bonds is 5. The maximum Gasteiger partial charge on any atom is 0.190 e. The summed E-state index contributed by atoms with van der Waals surface area (Å²) in [6.07, 6.45) is 0.932. The first kappa shape index (κ1) is 12.4. The van der Waals surface area contributed by atoms with E-state index in [2.05, 4.69) is 31.9 Å². The molecule has 1 heterocycles. The summed E-state index contributed by atoms with van der Waals surface area (Å²) in [6, 6.07) is 1.81. The Morgan fingerprint density at radius 3 is 2.79 bits per heavy atom. The zero-order valence-corrected chi connectivity index (χ0v) is 11.7. The lowest BCUT2D eigenvalue weighted by atomic mass is 10.2. The highest BCUT2D eigenvalue weighted by Crippen LogP contribution is 2.32. The van der Waals surface area contributed by atoms with Gasteiger partial charge in [-0.25, -0.2) is 0 Å². The van der Waals surface area contributed by atoms with Gasteiger partial charge in [0.2, 0.25) is 0 Å². The van der Waals surface area contributed by atoms with Gasteiger partial charge in [-0.2, -0.15) is 0 Å². The molecule has 0 amide bonds. The summed E-state index contributed by atoms with van der Waals surface area (Å²) < 4.78 is 6.99. The molecular weight excluding hydrogens is 332 g/mol. The van der Waals surface area contributed by atoms with E-state index < -0.39 is 0 Å². The Hall–Kier alpha value is 0.290. The lowest BCUT2D eigenvalue weighted by molar-refractivity contribution is 0.0761. The maximum atomic E-state index is 11.6. The van der Waals surface area contributed by atoms with Crippen LogP contribution in [0.15, 0.2) is 13.6 Å². The van der Waals surface area contributed by atoms with Gasteiger partial charge in [-0.1, -0.05) is 6.92 Å². The average Bonchev–Trinajstić information content (AvgIpc) is 2.45. The van der Waals surface area contributed by atoms with Crippen LogP contribution >= 0.6 is 43.2 Å². The second kappa shape index (κ2) is 6.00. The van der Waals surface area contributed by atoms with Gasteiger partial charge in [-0.3, -0.25) is 4.79 Å². The van der Waals surface area contributed by atoms with E-state index in [4.69, 9.17) is 4.74 Å². The van der Waals surface area contributed by atoms with Crippen molar-refractivity contribution in [1.82, 2.24) is 0 Å². The van der Waals surface area contributed by atoms with E-state index in [1.54, 1.807) is 0 Å². The quantitative estimate of drug-likeness (QED) is 0.600. The van der Waals surface area contributed by atoms with Crippen molar-refractivity contribution in [3.8, 4) is 0 Å². The predicted octanol–water partition coefficient (Wildman–Crippen LogP) is 3.88. The molecule has 0 saturated heterocycles. The van der Waals surface area contributed by atoms with Crippen molar-refractivity contribution >= 4 is 49.0 Å². The first-order valence-electron chi connectivity index (χ1n) is 4.21. The van der Waals surface area contributed by atoms with Gasteiger partial charge in [0, 0.05) is 12.2 Å². The molecule has 0 aliphatic rings. The van der Waals surface area contributed by atoms with Crippen molar-refractivity contribution in [2.45, 2.75) is 13.3 Å². The van der Waals surface area contributed by atoms with Gasteiger partial charge in [0.1, 0.15) is 6.61 Å². The van der Waals surface area contributed by atoms with E-state index in [1.165, 1.54) is 11.3 Å². The van der Waals surface area contributed by atoms with Gasteiger partial charge in [-0.05, 0) is 44.3 Å². The summed E-state index contributed by atoms with van der Waals surface area (Å²) in [7, 11) is 0. The third-order valence-corrected chi connectivity index (χ3v) is 3.88. The second-order valence-corrected chi connectivity index (χ2v) is 6.46. The number of hydrogen-bond donors (Lipinski definition) is 0. The zero-order valence-electron chi connectivity index (χ0n) is 7.68. The molecule has 0 aromatic carbocycles. The Morgan fingerprint density at radius 1 is 1.57 bits per heavy atom. The number of Topliss-reactive ketones (excluding diaryl/α,β-unsaturated/α-hetero) is 1. The largest absolute Gasteiger partial charge is 0.373 e. The molecule has 5 heteroatoms. The van der Waals surface area contributed by atoms with Crippen LogP contribution in [0.3, 0.4) is 0 Å². The van der Waals surface area contributed by atoms with Crippen molar-refractivity contribution in [2.24, 2.45) is 0 Å². The van der Waals surface area contributed by atoms with Crippen LogP contribution in [0.5, 0.6) is 0 Å². The van der Waals surface area contributed by atoms with Crippen LogP contribution in [0.2, 0.25) is 0 Å². The Labute approximate surface area is 104 Å². The summed E-state index contributed by atoms with van der Waals surface area (Å²) in [5.74, 6) is 0.0206. The van der Waals surface area contributed by atoms with Crippen molar-refractivity contribution in [2.75, 3.05) is 13.2 Å². The Kier molecular flexibility index (Phi) is 5.30. The monoisotopic (exact) mass is 340 g/mol. The van der Waals surface area contributed by atoms with Gasteiger partial charge in [0.25, 0.3) is 0 Å². The molecule has 1 aromatic heterocycles. The molecule has 0 fully saturated rings. The number of hydrogen-bond acceptors (Lipinski definition) is 3. The summed E-state index contributed by atoms with van der Waals surface area (Å²) in [6.45, 7) is 2.81. The molecule has 0 radical (unpaired) electrons. The molecule has 0 atom stereocenters. The summed E-state index contributed by atoms with van der Waals surface area (Å²) in [5, 5.41) is 0. The van der Waals surface area contributed by atoms with Crippen molar-refractivity contribution in [3.05, 3.63) is 19.2 Å². The highest BCUT2D eigenvalue weighted by atomic mass is 79.9. The molecule has 0 bridgehead atoms. The standard InChI is InChI=1S/C9H10Br2O2S/c1-2-3-13-5-7(12)6-4-8(10)14-9(6)11/h4H,2-3,5H2,1H3. The van der Waals surface area contributed by atoms with E-state index >= 15 is 0 Å². The molecule has 2 nitrogen and oxygen atoms in total. The van der Waals surface area contributed by atoms with Crippen LogP contribution < -0.4 is 0 Å². The van der Waals surface area contributed by atoms with Crippen LogP contribution in [0.4, 0.5) is 0 Å². The fourth-order valence-electron chi connectivity index (χ4n) is 0.917. The predicted molar refractivity (Wildman–Crippen MR) is 65.2 cm³/mol. The molecular formula is C9H10Br2O2S. The van der Waals surface area contributed by atoms with Gasteiger partial charge in [0.05, 0.1) is 7.57 Å². The Balaban J connectivity index is 2.56. The van der Waals surface area contributed by atoms with E-state index in [9.17, 15) is 4.79 Å². The lowest BCUT2D eigenvalue weighted by Gasteiger charge is -2.00. The number of ketones is 1. The van der Waals surface area contributed by atoms with E-state index in [0.717, 1.165) is 14.0 Å². The molecule has 0 unspecified atom stereocenters. The number of halogens is 2. The number of ether oxygens (including phenoxy) is 1. The molecule has 0 N–H and O–H groups in total. The molecule has 0 saturated carbocycles. The van der Waals surface area contributed by atoms with Crippen molar-refractivity contribution in [1.29, 1.82) is 0 Å². The van der Waals surface area contributed by atoms with Gasteiger partial charge in [0.15, 0.2) is 5.78 Å². The number of carbonyl (C=O) groups excluding carboxylic acids is 1. The molecule has 14 heavy (non-hydrogen) atoms. The van der Waals surface area contributed by atoms with Crippen molar-refractivity contribution in [3.63, 3.8) is 0 Å². The smallest absolute Gasteiger partial charge is 0.190 e. The Bertz CT molecular complexity index is 323. The minimum atomic E-state index is 0.0206. The van der Waals surface area contributed by atoms with Crippen LogP contribution in [0.1, 0.15) is 23.7 Å². The van der Waals surface area contributed by atoms with E-state index in [-0.39, 0.29) is 12.4 Å². The highest BCUT2D eigenvalue weighted by molar-refractivity contribution is 9.12. The van der Waals surface area contributed by atoms with E-state index in [0.29, 0.717) is 12.2 Å². The third-order valence-electron chi connectivity index (χ3n) is 1.54. The van der Waals surface area contributed by atoms with Crippen LogP contribution in [-0.4, -0.2) is 19.0 Å². The first-order valence-corrected chi connectivity index (χ1v) is 6.61. The lowest BCUT2D eigenvalue weighted by Crippen LogP contribution is -2.09. The fourth-order valence-corrected chi connectivity index (χ4v) is 3.77.